The lowest BCUT2D eigenvalue weighted by molar-refractivity contribution is 1.64. The van der Waals surface area contributed by atoms with Gasteiger partial charge in [-0.3, -0.25) is 0 Å². The Morgan fingerprint density at radius 1 is 0.560 bits per heavy atom. The first-order valence-corrected chi connectivity index (χ1v) is 9.50. The zero-order chi connectivity index (χ0) is 17.2. The van der Waals surface area contributed by atoms with E-state index in [9.17, 15) is 0 Å². The van der Waals surface area contributed by atoms with Crippen LogP contribution in [0.3, 0.4) is 0 Å². The predicted molar refractivity (Wildman–Crippen MR) is 111 cm³/mol. The van der Waals surface area contributed by atoms with Crippen molar-refractivity contribution >= 4 is 34.5 Å². The van der Waals surface area contributed by atoms with Crippen LogP contribution in [0, 0.1) is 0 Å². The average molecular weight is 381 g/mol. The lowest BCUT2D eigenvalue weighted by Gasteiger charge is -2.07. The number of rotatable bonds is 3. The third-order valence-electron chi connectivity index (χ3n) is 4.07. The second-order valence-corrected chi connectivity index (χ2v) is 7.55. The van der Waals surface area contributed by atoms with E-state index in [0.717, 1.165) is 31.6 Å². The summed E-state index contributed by atoms with van der Waals surface area (Å²) in [6.45, 7) is 0. The first-order valence-electron chi connectivity index (χ1n) is 7.93. The first kappa shape index (κ1) is 16.4. The van der Waals surface area contributed by atoms with E-state index in [4.69, 9.17) is 23.2 Å². The Balaban J connectivity index is 1.97. The van der Waals surface area contributed by atoms with Gasteiger partial charge in [0.1, 0.15) is 0 Å². The topological polar surface area (TPSA) is 0 Å². The molecule has 25 heavy (non-hydrogen) atoms. The van der Waals surface area contributed by atoms with Crippen molar-refractivity contribution in [2.75, 3.05) is 0 Å². The molecule has 1 aromatic heterocycles. The molecule has 3 heteroatoms. The predicted octanol–water partition coefficient (Wildman–Crippen LogP) is 8.06. The number of benzene rings is 3. The monoisotopic (exact) mass is 380 g/mol. The van der Waals surface area contributed by atoms with Crippen molar-refractivity contribution in [2.45, 2.75) is 0 Å². The zero-order valence-corrected chi connectivity index (χ0v) is 15.6. The minimum atomic E-state index is 0.744. The average Bonchev–Trinajstić information content (AvgIpc) is 3.08. The van der Waals surface area contributed by atoms with Gasteiger partial charge in [0, 0.05) is 36.5 Å². The van der Waals surface area contributed by atoms with Crippen molar-refractivity contribution in [3.8, 4) is 32.0 Å². The van der Waals surface area contributed by atoms with Crippen LogP contribution in [-0.2, 0) is 0 Å². The molecule has 4 aromatic rings. The maximum Gasteiger partial charge on any atom is 0.0492 e. The standard InChI is InChI=1S/C22H14Cl2S/c23-19-12-6-4-10-16(19)18-14-21(15-8-2-1-3-9-15)25-22(18)17-11-5-7-13-20(17)24/h1-14H. The normalized spacial score (nSPS) is 10.8. The highest BCUT2D eigenvalue weighted by Crippen LogP contribution is 2.46. The number of hydrogen-bond donors (Lipinski definition) is 0. The van der Waals surface area contributed by atoms with E-state index >= 15 is 0 Å². The fourth-order valence-corrected chi connectivity index (χ4v) is 4.60. The summed E-state index contributed by atoms with van der Waals surface area (Å²) in [5, 5.41) is 1.49. The van der Waals surface area contributed by atoms with Gasteiger partial charge in [-0.25, -0.2) is 0 Å². The van der Waals surface area contributed by atoms with Crippen LogP contribution in [0.4, 0.5) is 0 Å². The largest absolute Gasteiger partial charge is 0.135 e. The molecule has 122 valence electrons. The molecule has 0 aliphatic rings. The van der Waals surface area contributed by atoms with E-state index in [0.29, 0.717) is 0 Å². The number of halogens is 2. The molecule has 0 fully saturated rings. The number of thiophene rings is 1. The molecule has 0 unspecified atom stereocenters. The maximum atomic E-state index is 6.49. The zero-order valence-electron chi connectivity index (χ0n) is 13.2. The Hall–Kier alpha value is -2.06. The van der Waals surface area contributed by atoms with Gasteiger partial charge in [-0.05, 0) is 23.8 Å². The fraction of sp³-hybridized carbons (Fsp3) is 0. The van der Waals surface area contributed by atoms with Crippen molar-refractivity contribution < 1.29 is 0 Å². The third kappa shape index (κ3) is 3.23. The molecule has 0 aliphatic heterocycles. The summed E-state index contributed by atoms with van der Waals surface area (Å²) in [6.07, 6.45) is 0. The van der Waals surface area contributed by atoms with Crippen LogP contribution in [-0.4, -0.2) is 0 Å². The Labute approximate surface area is 161 Å². The molecule has 0 saturated heterocycles. The quantitative estimate of drug-likeness (QED) is 0.337. The summed E-state index contributed by atoms with van der Waals surface area (Å²) < 4.78 is 0. The van der Waals surface area contributed by atoms with Crippen molar-refractivity contribution in [3.63, 3.8) is 0 Å². The van der Waals surface area contributed by atoms with Crippen molar-refractivity contribution in [2.24, 2.45) is 0 Å². The summed E-state index contributed by atoms with van der Waals surface area (Å²) in [5.41, 5.74) is 4.37. The maximum absolute atomic E-state index is 6.49. The molecule has 0 aliphatic carbocycles. The molecule has 0 radical (unpaired) electrons. The molecular weight excluding hydrogens is 367 g/mol. The fourth-order valence-electron chi connectivity index (χ4n) is 2.86. The van der Waals surface area contributed by atoms with Gasteiger partial charge in [-0.15, -0.1) is 11.3 Å². The van der Waals surface area contributed by atoms with Gasteiger partial charge in [0.15, 0.2) is 0 Å². The van der Waals surface area contributed by atoms with Crippen LogP contribution < -0.4 is 0 Å². The minimum Gasteiger partial charge on any atom is -0.135 e. The van der Waals surface area contributed by atoms with Crippen LogP contribution in [0.1, 0.15) is 0 Å². The molecule has 0 amide bonds. The Morgan fingerprint density at radius 2 is 1.12 bits per heavy atom. The summed E-state index contributed by atoms with van der Waals surface area (Å²) >= 11 is 14.7. The second kappa shape index (κ2) is 7.05. The van der Waals surface area contributed by atoms with Crippen molar-refractivity contribution in [3.05, 3.63) is 95.0 Å². The molecule has 0 bridgehead atoms. The van der Waals surface area contributed by atoms with E-state index in [1.165, 1.54) is 10.4 Å². The van der Waals surface area contributed by atoms with E-state index in [1.54, 1.807) is 11.3 Å². The highest BCUT2D eigenvalue weighted by molar-refractivity contribution is 7.19. The highest BCUT2D eigenvalue weighted by atomic mass is 35.5. The summed E-state index contributed by atoms with van der Waals surface area (Å²) in [4.78, 5) is 2.34. The molecule has 0 nitrogen and oxygen atoms in total. The number of hydrogen-bond acceptors (Lipinski definition) is 1. The minimum absolute atomic E-state index is 0.744. The first-order chi connectivity index (χ1) is 12.2. The molecule has 0 N–H and O–H groups in total. The van der Waals surface area contributed by atoms with Crippen LogP contribution in [0.25, 0.3) is 32.0 Å². The Bertz CT molecular complexity index is 956. The second-order valence-electron chi connectivity index (χ2n) is 5.68. The molecule has 4 rings (SSSR count). The van der Waals surface area contributed by atoms with E-state index in [2.05, 4.69) is 42.5 Å². The van der Waals surface area contributed by atoms with E-state index in [1.807, 2.05) is 42.5 Å². The lowest BCUT2D eigenvalue weighted by Crippen LogP contribution is -1.81. The third-order valence-corrected chi connectivity index (χ3v) is 5.95. The van der Waals surface area contributed by atoms with Gasteiger partial charge in [-0.1, -0.05) is 89.9 Å². The van der Waals surface area contributed by atoms with Gasteiger partial charge in [0.05, 0.1) is 0 Å². The Morgan fingerprint density at radius 3 is 1.76 bits per heavy atom. The molecular formula is C22H14Cl2S. The smallest absolute Gasteiger partial charge is 0.0492 e. The SMILES string of the molecule is Clc1ccccc1-c1cc(-c2ccccc2)sc1-c1ccccc1Cl. The van der Waals surface area contributed by atoms with Gasteiger partial charge in [0.2, 0.25) is 0 Å². The van der Waals surface area contributed by atoms with Crippen LogP contribution in [0.2, 0.25) is 10.0 Å². The van der Waals surface area contributed by atoms with Gasteiger partial charge >= 0.3 is 0 Å². The molecule has 0 saturated carbocycles. The van der Waals surface area contributed by atoms with E-state index in [-0.39, 0.29) is 0 Å². The van der Waals surface area contributed by atoms with Crippen LogP contribution >= 0.6 is 34.5 Å². The van der Waals surface area contributed by atoms with Crippen LogP contribution in [0.5, 0.6) is 0 Å². The molecule has 1 heterocycles. The summed E-state index contributed by atoms with van der Waals surface area (Å²) in [5.74, 6) is 0. The molecule has 0 atom stereocenters. The van der Waals surface area contributed by atoms with Crippen molar-refractivity contribution in [1.29, 1.82) is 0 Å². The van der Waals surface area contributed by atoms with Gasteiger partial charge in [-0.2, -0.15) is 0 Å². The Kier molecular flexibility index (Phi) is 4.63. The highest BCUT2D eigenvalue weighted by Gasteiger charge is 2.17. The summed E-state index contributed by atoms with van der Waals surface area (Å²) in [6, 6.07) is 28.5. The van der Waals surface area contributed by atoms with Crippen molar-refractivity contribution in [1.82, 2.24) is 0 Å². The molecule has 0 spiro atoms. The molecule has 3 aromatic carbocycles. The van der Waals surface area contributed by atoms with Gasteiger partial charge < -0.3 is 0 Å². The van der Waals surface area contributed by atoms with Crippen LogP contribution in [0.15, 0.2) is 84.9 Å². The van der Waals surface area contributed by atoms with E-state index < -0.39 is 0 Å². The van der Waals surface area contributed by atoms with Gasteiger partial charge in [0.25, 0.3) is 0 Å². The summed E-state index contributed by atoms with van der Waals surface area (Å²) in [7, 11) is 0. The lowest BCUT2D eigenvalue weighted by atomic mass is 10.0.